The van der Waals surface area contributed by atoms with Crippen molar-refractivity contribution in [1.29, 1.82) is 0 Å². The van der Waals surface area contributed by atoms with Gasteiger partial charge in [0.1, 0.15) is 17.0 Å². The maximum Gasteiger partial charge on any atom is 0.251 e. The van der Waals surface area contributed by atoms with Crippen LogP contribution in [0, 0.1) is 11.7 Å². The molecule has 2 unspecified atom stereocenters. The molecular weight excluding hydrogens is 297 g/mol. The molecule has 2 fully saturated rings. The lowest BCUT2D eigenvalue weighted by Gasteiger charge is -2.14. The number of primary amides is 1. The van der Waals surface area contributed by atoms with E-state index in [0.29, 0.717) is 17.0 Å². The van der Waals surface area contributed by atoms with Crippen LogP contribution in [0.25, 0.3) is 16.7 Å². The van der Waals surface area contributed by atoms with E-state index in [1.807, 2.05) is 6.20 Å². The number of imidazole rings is 1. The summed E-state index contributed by atoms with van der Waals surface area (Å²) in [5, 5.41) is 4.46. The van der Waals surface area contributed by atoms with Crippen molar-refractivity contribution < 1.29 is 9.18 Å². The van der Waals surface area contributed by atoms with Gasteiger partial charge in [-0.2, -0.15) is 5.10 Å². The zero-order chi connectivity index (χ0) is 15.9. The first-order valence-electron chi connectivity index (χ1n) is 7.67. The number of aromatic amines is 1. The van der Waals surface area contributed by atoms with Crippen LogP contribution in [0.2, 0.25) is 0 Å². The molecule has 2 aromatic heterocycles. The Morgan fingerprint density at radius 1 is 1.52 bits per heavy atom. The third-order valence-electron chi connectivity index (χ3n) is 5.43. The zero-order valence-electron chi connectivity index (χ0n) is 12.6. The van der Waals surface area contributed by atoms with Gasteiger partial charge in [-0.25, -0.2) is 8.91 Å². The van der Waals surface area contributed by atoms with Crippen molar-refractivity contribution in [3.05, 3.63) is 35.3 Å². The zero-order valence-corrected chi connectivity index (χ0v) is 12.6. The highest BCUT2D eigenvalue weighted by Gasteiger charge is 2.61. The van der Waals surface area contributed by atoms with Crippen LogP contribution in [0.4, 0.5) is 4.39 Å². The van der Waals surface area contributed by atoms with Gasteiger partial charge in [0.2, 0.25) is 0 Å². The van der Waals surface area contributed by atoms with Crippen LogP contribution in [0.15, 0.2) is 18.3 Å². The van der Waals surface area contributed by atoms with E-state index < -0.39 is 11.7 Å². The second-order valence-electron chi connectivity index (χ2n) is 6.91. The third kappa shape index (κ3) is 1.55. The summed E-state index contributed by atoms with van der Waals surface area (Å²) in [5.74, 6) is -0.491. The van der Waals surface area contributed by atoms with Gasteiger partial charge in [0.25, 0.3) is 5.91 Å². The summed E-state index contributed by atoms with van der Waals surface area (Å²) in [6, 6.07) is 2.55. The number of rotatable bonds is 2. The summed E-state index contributed by atoms with van der Waals surface area (Å²) >= 11 is 0. The van der Waals surface area contributed by atoms with E-state index in [1.54, 1.807) is 4.52 Å². The highest BCUT2D eigenvalue weighted by molar-refractivity contribution is 6.05. The first-order chi connectivity index (χ1) is 11.0. The Kier molecular flexibility index (Phi) is 2.22. The van der Waals surface area contributed by atoms with Crippen LogP contribution in [0.1, 0.15) is 22.3 Å². The Bertz CT molecular complexity index is 989. The largest absolute Gasteiger partial charge is 0.366 e. The van der Waals surface area contributed by atoms with Crippen molar-refractivity contribution >= 4 is 22.6 Å². The highest BCUT2D eigenvalue weighted by atomic mass is 19.1. The molecule has 1 amide bonds. The summed E-state index contributed by atoms with van der Waals surface area (Å²) in [5.41, 5.74) is 8.78. The van der Waals surface area contributed by atoms with E-state index in [0.717, 1.165) is 30.7 Å². The number of benzene rings is 1. The number of fused-ring (bicyclic) bond motifs is 4. The minimum absolute atomic E-state index is 0.142. The molecule has 1 saturated heterocycles. The number of H-pyrrole nitrogens is 1. The molecule has 6 nitrogen and oxygen atoms in total. The molecule has 0 spiro atoms. The number of piperidine rings is 1. The van der Waals surface area contributed by atoms with E-state index >= 15 is 0 Å². The molecule has 3 N–H and O–H groups in total. The molecule has 118 valence electrons. The summed E-state index contributed by atoms with van der Waals surface area (Å²) in [7, 11) is 2.13. The number of hydrogen-bond acceptors (Lipinski definition) is 3. The molecule has 1 saturated carbocycles. The van der Waals surface area contributed by atoms with Crippen molar-refractivity contribution in [2.75, 3.05) is 20.1 Å². The lowest BCUT2D eigenvalue weighted by molar-refractivity contribution is 0.100. The Hall–Kier alpha value is -2.41. The molecule has 2 atom stereocenters. The molecule has 1 aliphatic carbocycles. The fourth-order valence-corrected chi connectivity index (χ4v) is 4.39. The molecule has 23 heavy (non-hydrogen) atoms. The minimum Gasteiger partial charge on any atom is -0.366 e. The van der Waals surface area contributed by atoms with Gasteiger partial charge in [-0.1, -0.05) is 0 Å². The van der Waals surface area contributed by atoms with Gasteiger partial charge < -0.3 is 15.6 Å². The second-order valence-corrected chi connectivity index (χ2v) is 6.91. The number of halogens is 1. The number of amides is 1. The average molecular weight is 313 g/mol. The Balaban J connectivity index is 1.79. The van der Waals surface area contributed by atoms with Crippen molar-refractivity contribution in [2.24, 2.45) is 11.7 Å². The predicted octanol–water partition coefficient (Wildman–Crippen LogP) is 1.26. The summed E-state index contributed by atoms with van der Waals surface area (Å²) < 4.78 is 15.5. The van der Waals surface area contributed by atoms with E-state index in [2.05, 4.69) is 22.0 Å². The van der Waals surface area contributed by atoms with Crippen LogP contribution in [0.3, 0.4) is 0 Å². The maximum atomic E-state index is 13.8. The van der Waals surface area contributed by atoms with Crippen LogP contribution in [-0.4, -0.2) is 45.5 Å². The first kappa shape index (κ1) is 13.1. The number of likely N-dealkylation sites (tertiary alicyclic amines) is 1. The molecule has 1 aromatic carbocycles. The first-order valence-corrected chi connectivity index (χ1v) is 7.67. The maximum absolute atomic E-state index is 13.8. The molecule has 2 aliphatic rings. The van der Waals surface area contributed by atoms with E-state index in [9.17, 15) is 9.18 Å². The van der Waals surface area contributed by atoms with Crippen LogP contribution >= 0.6 is 0 Å². The molecule has 7 heteroatoms. The van der Waals surface area contributed by atoms with Gasteiger partial charge in [-0.3, -0.25) is 4.79 Å². The number of nitrogens with one attached hydrogen (secondary N) is 1. The number of nitrogens with zero attached hydrogens (tertiary/aromatic N) is 3. The number of carbonyl (C=O) groups excluding carboxylic acids is 1. The Labute approximate surface area is 131 Å². The molecule has 5 rings (SSSR count). The molecule has 0 bridgehead atoms. The van der Waals surface area contributed by atoms with E-state index in [4.69, 9.17) is 5.73 Å². The fourth-order valence-electron chi connectivity index (χ4n) is 4.39. The van der Waals surface area contributed by atoms with Crippen LogP contribution in [-0.2, 0) is 5.41 Å². The molecule has 3 heterocycles. The topological polar surface area (TPSA) is 79.4 Å². The van der Waals surface area contributed by atoms with Crippen molar-refractivity contribution in [2.45, 2.75) is 11.8 Å². The highest BCUT2D eigenvalue weighted by Crippen LogP contribution is 2.59. The summed E-state index contributed by atoms with van der Waals surface area (Å²) in [6.45, 7) is 2.10. The third-order valence-corrected chi connectivity index (χ3v) is 5.43. The monoisotopic (exact) mass is 313 g/mol. The Morgan fingerprint density at radius 3 is 3.04 bits per heavy atom. The van der Waals surface area contributed by atoms with Crippen molar-refractivity contribution in [3.63, 3.8) is 0 Å². The van der Waals surface area contributed by atoms with Crippen molar-refractivity contribution in [3.8, 4) is 0 Å². The molecule has 3 aromatic rings. The lowest BCUT2D eigenvalue weighted by atomic mass is 9.98. The normalized spacial score (nSPS) is 27.0. The summed E-state index contributed by atoms with van der Waals surface area (Å²) in [6.07, 6.45) is 3.03. The lowest BCUT2D eigenvalue weighted by Crippen LogP contribution is -2.22. The number of carbonyl (C=O) groups is 1. The number of nitrogens with two attached hydrogens (primary N) is 1. The van der Waals surface area contributed by atoms with E-state index in [1.165, 1.54) is 12.1 Å². The molecule has 1 aliphatic heterocycles. The van der Waals surface area contributed by atoms with Crippen LogP contribution < -0.4 is 5.73 Å². The molecule has 0 radical (unpaired) electrons. The fraction of sp³-hybridized carbons (Fsp3) is 0.375. The second kappa shape index (κ2) is 3.91. The smallest absolute Gasteiger partial charge is 0.251 e. The van der Waals surface area contributed by atoms with Gasteiger partial charge >= 0.3 is 0 Å². The number of likely N-dealkylation sites (N-methyl/N-ethyl adjacent to an activating group) is 1. The van der Waals surface area contributed by atoms with E-state index in [-0.39, 0.29) is 11.0 Å². The average Bonchev–Trinajstić information content (AvgIpc) is 2.82. The van der Waals surface area contributed by atoms with Crippen molar-refractivity contribution in [1.82, 2.24) is 19.5 Å². The molecular formula is C16H16FN5O. The van der Waals surface area contributed by atoms with Gasteiger partial charge in [-0.15, -0.1) is 0 Å². The van der Waals surface area contributed by atoms with Gasteiger partial charge in [0.05, 0.1) is 17.3 Å². The standard InChI is InChI=1S/C16H16FN5O/c1-21-6-8-4-16(8,7-21)11-5-19-22-13-10(14(18)23)2-9(17)3-12(13)20-15(11)22/h2-3,5,8,20H,4,6-7H2,1H3,(H2,18,23). The number of hydrogen-bond donors (Lipinski definition) is 2. The summed E-state index contributed by atoms with van der Waals surface area (Å²) in [4.78, 5) is 17.2. The van der Waals surface area contributed by atoms with Gasteiger partial charge in [0.15, 0.2) is 0 Å². The predicted molar refractivity (Wildman–Crippen MR) is 82.8 cm³/mol. The Morgan fingerprint density at radius 2 is 2.35 bits per heavy atom. The quantitative estimate of drug-likeness (QED) is 0.747. The van der Waals surface area contributed by atoms with Gasteiger partial charge in [-0.05, 0) is 31.5 Å². The number of aromatic nitrogens is 3. The minimum atomic E-state index is -0.657. The SMILES string of the molecule is CN1CC2CC2(c2cnn3c2[nH]c2cc(F)cc(C(N)=O)c23)C1. The van der Waals surface area contributed by atoms with Crippen LogP contribution in [0.5, 0.6) is 0 Å². The van der Waals surface area contributed by atoms with Gasteiger partial charge in [0, 0.05) is 24.1 Å².